The number of carboxylic acid groups (broad SMARTS) is 1. The number of hydrogen-bond acceptors (Lipinski definition) is 6. The lowest BCUT2D eigenvalue weighted by atomic mass is 10.1. The summed E-state index contributed by atoms with van der Waals surface area (Å²) in [5.74, 6) is -1.47. The molecule has 334 valence electrons. The molecular formula is C49H92NO7+. The first kappa shape index (κ1) is 54.8. The minimum atomic E-state index is -0.874. The highest BCUT2D eigenvalue weighted by Crippen LogP contribution is 2.15. The quantitative estimate of drug-likeness (QED) is 0.0283. The van der Waals surface area contributed by atoms with Gasteiger partial charge in [-0.25, -0.2) is 4.79 Å². The summed E-state index contributed by atoms with van der Waals surface area (Å²) in [5, 5.41) is 9.61. The van der Waals surface area contributed by atoms with Crippen molar-refractivity contribution in [3.8, 4) is 0 Å². The van der Waals surface area contributed by atoms with Gasteiger partial charge in [-0.3, -0.25) is 9.59 Å². The van der Waals surface area contributed by atoms with Crippen LogP contribution in [0, 0.1) is 0 Å². The van der Waals surface area contributed by atoms with Gasteiger partial charge in [0.25, 0.3) is 0 Å². The number of hydrogen-bond donors (Lipinski definition) is 1. The summed E-state index contributed by atoms with van der Waals surface area (Å²) >= 11 is 0. The molecule has 0 rings (SSSR count). The molecular weight excluding hydrogens is 715 g/mol. The Bertz CT molecular complexity index is 989. The Kier molecular flexibility index (Phi) is 39.0. The molecule has 2 atom stereocenters. The second kappa shape index (κ2) is 40.6. The van der Waals surface area contributed by atoms with Crippen LogP contribution in [0.2, 0.25) is 0 Å². The third-order valence-corrected chi connectivity index (χ3v) is 10.9. The predicted octanol–water partition coefficient (Wildman–Crippen LogP) is 13.3. The van der Waals surface area contributed by atoms with E-state index < -0.39 is 18.1 Å². The summed E-state index contributed by atoms with van der Waals surface area (Å²) in [7, 11) is 5.53. The molecule has 8 heteroatoms. The van der Waals surface area contributed by atoms with Crippen molar-refractivity contribution in [2.45, 2.75) is 231 Å². The van der Waals surface area contributed by atoms with Crippen LogP contribution in [0.5, 0.6) is 0 Å². The molecule has 0 amide bonds. The van der Waals surface area contributed by atoms with Gasteiger partial charge < -0.3 is 23.8 Å². The standard InChI is InChI=1S/C49H91NO7/c1-6-8-10-12-14-16-18-19-20-21-22-23-24-25-26-27-28-29-30-32-33-35-37-39-47(51)56-44-45(43-55-42-41-46(49(53)54)50(3,4)5)57-48(52)40-38-36-34-31-17-15-13-11-9-7-2/h22-23,25-26,45-46H,6-21,24,27-44H2,1-5H3/p+1/b23-22+,26-25+. The molecule has 0 aromatic carbocycles. The van der Waals surface area contributed by atoms with Crippen LogP contribution in [0.4, 0.5) is 0 Å². The van der Waals surface area contributed by atoms with E-state index in [9.17, 15) is 19.5 Å². The first-order valence-corrected chi connectivity index (χ1v) is 23.9. The third-order valence-electron chi connectivity index (χ3n) is 10.9. The van der Waals surface area contributed by atoms with Crippen molar-refractivity contribution in [1.82, 2.24) is 0 Å². The number of carbonyl (C=O) groups is 3. The molecule has 0 saturated carbocycles. The number of unbranched alkanes of at least 4 members (excludes halogenated alkanes) is 25. The first-order chi connectivity index (χ1) is 27.6. The van der Waals surface area contributed by atoms with Gasteiger partial charge in [-0.1, -0.05) is 179 Å². The van der Waals surface area contributed by atoms with Crippen LogP contribution >= 0.6 is 0 Å². The van der Waals surface area contributed by atoms with Crippen LogP contribution < -0.4 is 0 Å². The lowest BCUT2D eigenvalue weighted by Gasteiger charge is -2.31. The Labute approximate surface area is 351 Å². The smallest absolute Gasteiger partial charge is 0.362 e. The highest BCUT2D eigenvalue weighted by atomic mass is 16.6. The molecule has 0 heterocycles. The topological polar surface area (TPSA) is 99.1 Å². The average molecular weight is 807 g/mol. The zero-order chi connectivity index (χ0) is 42.1. The molecule has 8 nitrogen and oxygen atoms in total. The van der Waals surface area contributed by atoms with Crippen molar-refractivity contribution in [2.24, 2.45) is 0 Å². The summed E-state index contributed by atoms with van der Waals surface area (Å²) < 4.78 is 17.3. The molecule has 57 heavy (non-hydrogen) atoms. The molecule has 0 fully saturated rings. The van der Waals surface area contributed by atoms with Crippen LogP contribution in [0.3, 0.4) is 0 Å². The molecule has 0 aliphatic carbocycles. The Hall–Kier alpha value is -2.19. The fraction of sp³-hybridized carbons (Fsp3) is 0.857. The van der Waals surface area contributed by atoms with Crippen molar-refractivity contribution < 1.29 is 38.2 Å². The maximum atomic E-state index is 12.7. The number of aliphatic carboxylic acids is 1. The van der Waals surface area contributed by atoms with Crippen molar-refractivity contribution >= 4 is 17.9 Å². The van der Waals surface area contributed by atoms with Gasteiger partial charge in [-0.05, 0) is 44.9 Å². The van der Waals surface area contributed by atoms with E-state index in [1.807, 2.05) is 21.1 Å². The van der Waals surface area contributed by atoms with E-state index in [2.05, 4.69) is 38.2 Å². The lowest BCUT2D eigenvalue weighted by Crippen LogP contribution is -2.50. The monoisotopic (exact) mass is 807 g/mol. The highest BCUT2D eigenvalue weighted by Gasteiger charge is 2.31. The molecule has 0 bridgehead atoms. The number of carbonyl (C=O) groups excluding carboxylic acids is 2. The second-order valence-corrected chi connectivity index (χ2v) is 17.4. The van der Waals surface area contributed by atoms with Crippen LogP contribution in [-0.2, 0) is 28.6 Å². The minimum absolute atomic E-state index is 0.0512. The fourth-order valence-corrected chi connectivity index (χ4v) is 7.12. The summed E-state index contributed by atoms with van der Waals surface area (Å²) in [5.41, 5.74) is 0. The largest absolute Gasteiger partial charge is 0.477 e. The van der Waals surface area contributed by atoms with Gasteiger partial charge >= 0.3 is 17.9 Å². The summed E-state index contributed by atoms with van der Waals surface area (Å²) in [6.07, 6.45) is 45.2. The molecule has 0 aliphatic heterocycles. The van der Waals surface area contributed by atoms with Crippen LogP contribution in [0.15, 0.2) is 24.3 Å². The van der Waals surface area contributed by atoms with Gasteiger partial charge in [0.15, 0.2) is 12.1 Å². The molecule has 2 unspecified atom stereocenters. The Morgan fingerprint density at radius 1 is 0.526 bits per heavy atom. The first-order valence-electron chi connectivity index (χ1n) is 23.9. The Balaban J connectivity index is 4.17. The zero-order valence-corrected chi connectivity index (χ0v) is 38.1. The number of nitrogens with zero attached hydrogens (tertiary/aromatic N) is 1. The van der Waals surface area contributed by atoms with Gasteiger partial charge in [0.05, 0.1) is 34.4 Å². The predicted molar refractivity (Wildman–Crippen MR) is 238 cm³/mol. The normalized spacial score (nSPS) is 13.1. The van der Waals surface area contributed by atoms with Crippen LogP contribution in [-0.4, -0.2) is 80.6 Å². The Morgan fingerprint density at radius 2 is 0.930 bits per heavy atom. The van der Waals surface area contributed by atoms with Gasteiger partial charge in [-0.2, -0.15) is 0 Å². The maximum absolute atomic E-state index is 12.7. The average Bonchev–Trinajstić information content (AvgIpc) is 3.17. The number of carboxylic acids is 1. The van der Waals surface area contributed by atoms with Crippen molar-refractivity contribution in [3.63, 3.8) is 0 Å². The zero-order valence-electron chi connectivity index (χ0n) is 38.1. The fourth-order valence-electron chi connectivity index (χ4n) is 7.12. The van der Waals surface area contributed by atoms with E-state index in [1.54, 1.807) is 0 Å². The highest BCUT2D eigenvalue weighted by molar-refractivity contribution is 5.72. The van der Waals surface area contributed by atoms with Gasteiger partial charge in [0.1, 0.15) is 6.61 Å². The maximum Gasteiger partial charge on any atom is 0.362 e. The summed E-state index contributed by atoms with van der Waals surface area (Å²) in [6.45, 7) is 4.73. The molecule has 0 radical (unpaired) electrons. The Morgan fingerprint density at radius 3 is 1.35 bits per heavy atom. The van der Waals surface area contributed by atoms with E-state index in [4.69, 9.17) is 14.2 Å². The third kappa shape index (κ3) is 39.1. The van der Waals surface area contributed by atoms with Crippen molar-refractivity contribution in [1.29, 1.82) is 0 Å². The van der Waals surface area contributed by atoms with Gasteiger partial charge in [-0.15, -0.1) is 0 Å². The molecule has 0 aliphatic rings. The number of rotatable bonds is 43. The van der Waals surface area contributed by atoms with Gasteiger partial charge in [0.2, 0.25) is 0 Å². The van der Waals surface area contributed by atoms with E-state index in [-0.39, 0.29) is 36.2 Å². The van der Waals surface area contributed by atoms with Crippen molar-refractivity contribution in [2.75, 3.05) is 41.0 Å². The molecule has 1 N–H and O–H groups in total. The molecule has 0 spiro atoms. The number of allylic oxidation sites excluding steroid dienone is 4. The minimum Gasteiger partial charge on any atom is -0.477 e. The second-order valence-electron chi connectivity index (χ2n) is 17.4. The van der Waals surface area contributed by atoms with Crippen LogP contribution in [0.1, 0.15) is 219 Å². The number of ether oxygens (including phenoxy) is 3. The number of likely N-dealkylation sites (N-methyl/N-ethyl adjacent to an activating group) is 1. The molecule has 0 saturated heterocycles. The van der Waals surface area contributed by atoms with Crippen molar-refractivity contribution in [3.05, 3.63) is 24.3 Å². The number of esters is 2. The summed E-state index contributed by atoms with van der Waals surface area (Å²) in [6, 6.07) is -0.612. The summed E-state index contributed by atoms with van der Waals surface area (Å²) in [4.78, 5) is 36.9. The van der Waals surface area contributed by atoms with E-state index in [0.717, 1.165) is 51.4 Å². The van der Waals surface area contributed by atoms with E-state index >= 15 is 0 Å². The molecule has 0 aromatic heterocycles. The SMILES string of the molecule is CCCCCCCCCCC/C=C/C/C=C/CCCCCCCCCC(=O)OCC(COCCC(C(=O)O)[N+](C)(C)C)OC(=O)CCCCCCCCCCCC. The van der Waals surface area contributed by atoms with Gasteiger partial charge in [0, 0.05) is 19.3 Å². The molecule has 0 aromatic rings. The van der Waals surface area contributed by atoms with E-state index in [0.29, 0.717) is 19.3 Å². The van der Waals surface area contributed by atoms with E-state index in [1.165, 1.54) is 135 Å². The lowest BCUT2D eigenvalue weighted by molar-refractivity contribution is -0.887. The van der Waals surface area contributed by atoms with Crippen LogP contribution in [0.25, 0.3) is 0 Å². The number of quaternary nitrogens is 1.